The van der Waals surface area contributed by atoms with Gasteiger partial charge in [0.15, 0.2) is 0 Å². The van der Waals surface area contributed by atoms with Crippen LogP contribution in [0, 0.1) is 0 Å². The summed E-state index contributed by atoms with van der Waals surface area (Å²) in [5, 5.41) is 7.38. The van der Waals surface area contributed by atoms with Crippen molar-refractivity contribution < 1.29 is 4.79 Å². The van der Waals surface area contributed by atoms with E-state index in [1.54, 1.807) is 32.6 Å². The number of aromatic nitrogens is 4. The van der Waals surface area contributed by atoms with Crippen molar-refractivity contribution in [2.24, 2.45) is 0 Å². The van der Waals surface area contributed by atoms with Crippen molar-refractivity contribution in [1.29, 1.82) is 0 Å². The summed E-state index contributed by atoms with van der Waals surface area (Å²) in [5.74, 6) is 0.750. The number of rotatable bonds is 3. The highest BCUT2D eigenvalue weighted by Crippen LogP contribution is 2.27. The summed E-state index contributed by atoms with van der Waals surface area (Å²) >= 11 is 0. The molecule has 3 rings (SSSR count). The number of carbonyl (C=O) groups is 1. The van der Waals surface area contributed by atoms with Gasteiger partial charge in [-0.25, -0.2) is 9.97 Å². The molecule has 0 atom stereocenters. The molecule has 2 aromatic rings. The van der Waals surface area contributed by atoms with E-state index in [0.29, 0.717) is 12.0 Å². The number of anilines is 1. The number of nitrogens with one attached hydrogen (secondary N) is 1. The molecule has 3 heterocycles. The van der Waals surface area contributed by atoms with Crippen LogP contribution in [-0.2, 0) is 4.79 Å². The highest BCUT2D eigenvalue weighted by atomic mass is 16.2. The Balaban J connectivity index is 1.79. The number of hydrogen-bond acceptors (Lipinski definition) is 5. The molecule has 22 heavy (non-hydrogen) atoms. The highest BCUT2D eigenvalue weighted by molar-refractivity contribution is 5.73. The molecule has 0 radical (unpaired) electrons. The van der Waals surface area contributed by atoms with Gasteiger partial charge < -0.3 is 10.2 Å². The van der Waals surface area contributed by atoms with Crippen molar-refractivity contribution in [2.45, 2.75) is 25.8 Å². The Morgan fingerprint density at radius 1 is 1.27 bits per heavy atom. The molecule has 0 aromatic carbocycles. The van der Waals surface area contributed by atoms with Crippen molar-refractivity contribution in [2.75, 3.05) is 25.5 Å². The third-order valence-electron chi connectivity index (χ3n) is 4.10. The Labute approximate surface area is 129 Å². The van der Waals surface area contributed by atoms with Crippen LogP contribution in [0.4, 0.5) is 5.95 Å². The van der Waals surface area contributed by atoms with Gasteiger partial charge in [0.25, 0.3) is 0 Å². The lowest BCUT2D eigenvalue weighted by Gasteiger charge is -2.32. The lowest BCUT2D eigenvalue weighted by Crippen LogP contribution is -2.38. The lowest BCUT2D eigenvalue weighted by atomic mass is 10.0. The van der Waals surface area contributed by atoms with E-state index < -0.39 is 0 Å². The number of likely N-dealkylation sites (tertiary alicyclic amines) is 1. The minimum Gasteiger partial charge on any atom is -0.357 e. The van der Waals surface area contributed by atoms with Crippen LogP contribution >= 0.6 is 0 Å². The van der Waals surface area contributed by atoms with Crippen LogP contribution in [0.3, 0.4) is 0 Å². The molecule has 7 heteroatoms. The number of piperidine rings is 1. The molecule has 1 amide bonds. The van der Waals surface area contributed by atoms with Crippen LogP contribution < -0.4 is 5.32 Å². The van der Waals surface area contributed by atoms with Crippen molar-refractivity contribution in [3.8, 4) is 11.3 Å². The van der Waals surface area contributed by atoms with E-state index in [1.165, 1.54) is 0 Å². The fourth-order valence-corrected chi connectivity index (χ4v) is 2.85. The van der Waals surface area contributed by atoms with Gasteiger partial charge in [0.05, 0.1) is 11.7 Å². The summed E-state index contributed by atoms with van der Waals surface area (Å²) < 4.78 is 2.04. The SMILES string of the molecule is CNc1ncc(-c2ccnn2C2CCN(C(C)=O)CC2)cn1. The maximum Gasteiger partial charge on any atom is 0.222 e. The Morgan fingerprint density at radius 3 is 2.55 bits per heavy atom. The number of carbonyl (C=O) groups excluding carboxylic acids is 1. The molecule has 1 N–H and O–H groups in total. The van der Waals surface area contributed by atoms with E-state index in [4.69, 9.17) is 0 Å². The third-order valence-corrected chi connectivity index (χ3v) is 4.10. The molecule has 1 aliphatic rings. The number of hydrogen-bond donors (Lipinski definition) is 1. The van der Waals surface area contributed by atoms with Gasteiger partial charge in [0.1, 0.15) is 0 Å². The Bertz CT molecular complexity index is 642. The molecule has 0 bridgehead atoms. The first kappa shape index (κ1) is 14.5. The monoisotopic (exact) mass is 300 g/mol. The molecule has 0 aliphatic carbocycles. The number of amides is 1. The summed E-state index contributed by atoms with van der Waals surface area (Å²) in [6, 6.07) is 2.29. The van der Waals surface area contributed by atoms with Crippen molar-refractivity contribution >= 4 is 11.9 Å². The first-order valence-corrected chi connectivity index (χ1v) is 7.48. The van der Waals surface area contributed by atoms with Crippen molar-refractivity contribution in [3.63, 3.8) is 0 Å². The maximum absolute atomic E-state index is 11.4. The van der Waals surface area contributed by atoms with Crippen molar-refractivity contribution in [3.05, 3.63) is 24.7 Å². The summed E-state index contributed by atoms with van der Waals surface area (Å²) in [7, 11) is 1.79. The molecule has 0 saturated carbocycles. The second-order valence-corrected chi connectivity index (χ2v) is 5.44. The Kier molecular flexibility index (Phi) is 4.04. The van der Waals surface area contributed by atoms with Crippen LogP contribution in [-0.4, -0.2) is 50.7 Å². The van der Waals surface area contributed by atoms with Gasteiger partial charge >= 0.3 is 0 Å². The first-order valence-electron chi connectivity index (χ1n) is 7.48. The molecule has 1 aliphatic heterocycles. The minimum atomic E-state index is 0.148. The van der Waals surface area contributed by atoms with E-state index >= 15 is 0 Å². The second kappa shape index (κ2) is 6.13. The molecule has 1 saturated heterocycles. The molecule has 116 valence electrons. The molecular formula is C15H20N6O. The summed E-state index contributed by atoms with van der Waals surface area (Å²) in [6.45, 7) is 3.20. The average molecular weight is 300 g/mol. The number of nitrogens with zero attached hydrogens (tertiary/aromatic N) is 5. The largest absolute Gasteiger partial charge is 0.357 e. The van der Waals surface area contributed by atoms with Crippen molar-refractivity contribution in [1.82, 2.24) is 24.6 Å². The average Bonchev–Trinajstić information content (AvgIpc) is 3.04. The third kappa shape index (κ3) is 2.79. The fraction of sp³-hybridized carbons (Fsp3) is 0.467. The zero-order valence-corrected chi connectivity index (χ0v) is 12.9. The molecule has 0 spiro atoms. The highest BCUT2D eigenvalue weighted by Gasteiger charge is 2.24. The van der Waals surface area contributed by atoms with Gasteiger partial charge in [-0.3, -0.25) is 9.48 Å². The zero-order valence-electron chi connectivity index (χ0n) is 12.9. The van der Waals surface area contributed by atoms with Gasteiger partial charge in [0, 0.05) is 51.2 Å². The fourth-order valence-electron chi connectivity index (χ4n) is 2.85. The quantitative estimate of drug-likeness (QED) is 0.931. The molecule has 7 nitrogen and oxygen atoms in total. The Hall–Kier alpha value is -2.44. The van der Waals surface area contributed by atoms with Gasteiger partial charge in [-0.2, -0.15) is 5.10 Å². The van der Waals surface area contributed by atoms with Gasteiger partial charge in [0.2, 0.25) is 11.9 Å². The van der Waals surface area contributed by atoms with E-state index in [1.807, 2.05) is 15.6 Å². The predicted molar refractivity (Wildman–Crippen MR) is 83.3 cm³/mol. The van der Waals surface area contributed by atoms with Crippen LogP contribution in [0.1, 0.15) is 25.8 Å². The van der Waals surface area contributed by atoms with Crippen LogP contribution in [0.2, 0.25) is 0 Å². The summed E-state index contributed by atoms with van der Waals surface area (Å²) in [4.78, 5) is 21.8. The minimum absolute atomic E-state index is 0.148. The molecule has 0 unspecified atom stereocenters. The second-order valence-electron chi connectivity index (χ2n) is 5.44. The van der Waals surface area contributed by atoms with E-state index in [0.717, 1.165) is 37.2 Å². The summed E-state index contributed by atoms with van der Waals surface area (Å²) in [6.07, 6.45) is 7.25. The van der Waals surface area contributed by atoms with E-state index in [-0.39, 0.29) is 5.91 Å². The zero-order chi connectivity index (χ0) is 15.5. The molecular weight excluding hydrogens is 280 g/mol. The predicted octanol–water partition coefficient (Wildman–Crippen LogP) is 1.57. The smallest absolute Gasteiger partial charge is 0.222 e. The molecule has 1 fully saturated rings. The normalized spacial score (nSPS) is 15.8. The topological polar surface area (TPSA) is 75.9 Å². The van der Waals surface area contributed by atoms with Crippen LogP contribution in [0.15, 0.2) is 24.7 Å². The van der Waals surface area contributed by atoms with Gasteiger partial charge in [-0.05, 0) is 18.9 Å². The van der Waals surface area contributed by atoms with Gasteiger partial charge in [-0.15, -0.1) is 0 Å². The maximum atomic E-state index is 11.4. The van der Waals surface area contributed by atoms with Crippen LogP contribution in [0.5, 0.6) is 0 Å². The standard InChI is InChI=1S/C15H20N6O/c1-11(22)20-7-4-13(5-8-20)21-14(3-6-19-21)12-9-17-15(16-2)18-10-12/h3,6,9-10,13H,4-5,7-8H2,1-2H3,(H,16,17,18). The van der Waals surface area contributed by atoms with Crippen LogP contribution in [0.25, 0.3) is 11.3 Å². The lowest BCUT2D eigenvalue weighted by molar-refractivity contribution is -0.130. The van der Waals surface area contributed by atoms with Gasteiger partial charge in [-0.1, -0.05) is 0 Å². The van der Waals surface area contributed by atoms with E-state index in [2.05, 4.69) is 20.4 Å². The first-order chi connectivity index (χ1) is 10.7. The van der Waals surface area contributed by atoms with E-state index in [9.17, 15) is 4.79 Å². The Morgan fingerprint density at radius 2 is 1.95 bits per heavy atom. The molecule has 2 aromatic heterocycles. The summed E-state index contributed by atoms with van der Waals surface area (Å²) in [5.41, 5.74) is 1.97.